The number of aliphatic hydroxyl groups excluding tert-OH is 2. The van der Waals surface area contributed by atoms with Crippen molar-refractivity contribution in [2.24, 2.45) is 5.41 Å². The highest BCUT2D eigenvalue weighted by Crippen LogP contribution is 2.39. The molecule has 0 amide bonds. The lowest BCUT2D eigenvalue weighted by molar-refractivity contribution is -0.155. The Morgan fingerprint density at radius 2 is 1.89 bits per heavy atom. The molecule has 4 heteroatoms. The molecule has 0 bridgehead atoms. The zero-order chi connectivity index (χ0) is 13.2. The third-order valence-corrected chi connectivity index (χ3v) is 4.31. The summed E-state index contributed by atoms with van der Waals surface area (Å²) in [7, 11) is 0. The topological polar surface area (TPSA) is 52.9 Å². The quantitative estimate of drug-likeness (QED) is 0.789. The summed E-state index contributed by atoms with van der Waals surface area (Å²) in [4.78, 5) is 2.37. The summed E-state index contributed by atoms with van der Waals surface area (Å²) in [6.45, 7) is 7.10. The van der Waals surface area contributed by atoms with E-state index in [1.807, 2.05) is 0 Å². The molecule has 18 heavy (non-hydrogen) atoms. The van der Waals surface area contributed by atoms with E-state index in [9.17, 15) is 10.2 Å². The summed E-state index contributed by atoms with van der Waals surface area (Å²) in [5, 5.41) is 19.0. The van der Waals surface area contributed by atoms with Crippen LogP contribution in [-0.2, 0) is 4.74 Å². The van der Waals surface area contributed by atoms with E-state index in [-0.39, 0.29) is 30.3 Å². The molecule has 4 nitrogen and oxygen atoms in total. The van der Waals surface area contributed by atoms with Crippen LogP contribution >= 0.6 is 0 Å². The molecule has 0 aromatic carbocycles. The van der Waals surface area contributed by atoms with E-state index >= 15 is 0 Å². The van der Waals surface area contributed by atoms with Gasteiger partial charge in [-0.05, 0) is 26.7 Å². The lowest BCUT2D eigenvalue weighted by atomic mass is 9.86. The molecule has 2 aliphatic rings. The predicted molar refractivity (Wildman–Crippen MR) is 70.5 cm³/mol. The maximum atomic E-state index is 9.69. The molecule has 1 heterocycles. The van der Waals surface area contributed by atoms with Crippen LogP contribution in [0.1, 0.15) is 39.5 Å². The zero-order valence-corrected chi connectivity index (χ0v) is 11.7. The van der Waals surface area contributed by atoms with E-state index in [1.165, 1.54) is 12.8 Å². The van der Waals surface area contributed by atoms with Gasteiger partial charge in [-0.25, -0.2) is 0 Å². The molecule has 1 saturated carbocycles. The van der Waals surface area contributed by atoms with E-state index in [1.54, 1.807) is 0 Å². The summed E-state index contributed by atoms with van der Waals surface area (Å²) < 4.78 is 5.83. The monoisotopic (exact) mass is 257 g/mol. The first-order chi connectivity index (χ1) is 8.49. The van der Waals surface area contributed by atoms with Gasteiger partial charge in [0.2, 0.25) is 0 Å². The Bertz CT molecular complexity index is 274. The molecule has 1 unspecified atom stereocenters. The fourth-order valence-corrected chi connectivity index (χ4v) is 3.60. The van der Waals surface area contributed by atoms with Gasteiger partial charge in [0.1, 0.15) is 0 Å². The highest BCUT2D eigenvalue weighted by Gasteiger charge is 2.39. The third kappa shape index (κ3) is 3.23. The number of hydrogen-bond acceptors (Lipinski definition) is 4. The van der Waals surface area contributed by atoms with Gasteiger partial charge in [-0.3, -0.25) is 4.90 Å². The van der Waals surface area contributed by atoms with E-state index in [2.05, 4.69) is 18.7 Å². The SMILES string of the molecule is CC1(C)CN(CC2(CO)CCCC2)CC(CO)O1. The number of aliphatic hydroxyl groups is 2. The van der Waals surface area contributed by atoms with Gasteiger partial charge in [-0.1, -0.05) is 12.8 Å². The first-order valence-electron chi connectivity index (χ1n) is 7.11. The predicted octanol–water partition coefficient (Wildman–Crippen LogP) is 1.01. The van der Waals surface area contributed by atoms with Gasteiger partial charge in [0.05, 0.1) is 18.3 Å². The highest BCUT2D eigenvalue weighted by atomic mass is 16.5. The minimum atomic E-state index is -0.207. The summed E-state index contributed by atoms with van der Waals surface area (Å²) in [5.74, 6) is 0. The van der Waals surface area contributed by atoms with Crippen LogP contribution in [0.4, 0.5) is 0 Å². The Morgan fingerprint density at radius 1 is 1.22 bits per heavy atom. The zero-order valence-electron chi connectivity index (χ0n) is 11.7. The molecular weight excluding hydrogens is 230 g/mol. The van der Waals surface area contributed by atoms with Crippen molar-refractivity contribution in [3.8, 4) is 0 Å². The van der Waals surface area contributed by atoms with Gasteiger partial charge >= 0.3 is 0 Å². The highest BCUT2D eigenvalue weighted by molar-refractivity contribution is 4.91. The molecule has 106 valence electrons. The lowest BCUT2D eigenvalue weighted by Crippen LogP contribution is -2.56. The van der Waals surface area contributed by atoms with Crippen LogP contribution in [-0.4, -0.2) is 59.7 Å². The summed E-state index contributed by atoms with van der Waals surface area (Å²) in [6, 6.07) is 0. The second-order valence-electron chi connectivity index (χ2n) is 6.72. The molecule has 0 spiro atoms. The van der Waals surface area contributed by atoms with Gasteiger partial charge < -0.3 is 14.9 Å². The number of rotatable bonds is 4. The summed E-state index contributed by atoms with van der Waals surface area (Å²) in [5.41, 5.74) is -0.117. The largest absolute Gasteiger partial charge is 0.396 e. The normalized spacial score (nSPS) is 31.7. The van der Waals surface area contributed by atoms with Gasteiger partial charge in [0.25, 0.3) is 0 Å². The molecule has 1 aliphatic heterocycles. The standard InChI is InChI=1S/C14H27NO3/c1-13(2)9-15(7-12(8-16)18-13)10-14(11-17)5-3-4-6-14/h12,16-17H,3-11H2,1-2H3. The van der Waals surface area contributed by atoms with Crippen LogP contribution in [0.5, 0.6) is 0 Å². The minimum Gasteiger partial charge on any atom is -0.396 e. The molecule has 1 saturated heterocycles. The summed E-state index contributed by atoms with van der Waals surface area (Å²) >= 11 is 0. The van der Waals surface area contributed by atoms with Crippen molar-refractivity contribution in [3.05, 3.63) is 0 Å². The first kappa shape index (κ1) is 14.3. The number of morpholine rings is 1. The maximum Gasteiger partial charge on any atom is 0.0940 e. The van der Waals surface area contributed by atoms with E-state index in [0.29, 0.717) is 0 Å². The molecule has 0 radical (unpaired) electrons. The van der Waals surface area contributed by atoms with Crippen molar-refractivity contribution in [1.29, 1.82) is 0 Å². The Hall–Kier alpha value is -0.160. The Labute approximate surface area is 110 Å². The van der Waals surface area contributed by atoms with E-state index < -0.39 is 0 Å². The molecule has 0 aromatic heterocycles. The fraction of sp³-hybridized carbons (Fsp3) is 1.00. The van der Waals surface area contributed by atoms with Crippen molar-refractivity contribution in [3.63, 3.8) is 0 Å². The van der Waals surface area contributed by atoms with Gasteiger partial charge in [0, 0.05) is 31.7 Å². The van der Waals surface area contributed by atoms with Crippen LogP contribution in [0.25, 0.3) is 0 Å². The van der Waals surface area contributed by atoms with Crippen molar-refractivity contribution in [2.75, 3.05) is 32.8 Å². The van der Waals surface area contributed by atoms with Crippen LogP contribution in [0.2, 0.25) is 0 Å². The maximum absolute atomic E-state index is 9.69. The summed E-state index contributed by atoms with van der Waals surface area (Å²) in [6.07, 6.45) is 4.64. The molecule has 2 N–H and O–H groups in total. The van der Waals surface area contributed by atoms with Gasteiger partial charge in [-0.15, -0.1) is 0 Å². The van der Waals surface area contributed by atoms with Gasteiger partial charge in [0.15, 0.2) is 0 Å². The van der Waals surface area contributed by atoms with Crippen LogP contribution < -0.4 is 0 Å². The molecule has 2 fully saturated rings. The minimum absolute atomic E-state index is 0.0755. The van der Waals surface area contributed by atoms with Crippen molar-refractivity contribution >= 4 is 0 Å². The third-order valence-electron chi connectivity index (χ3n) is 4.31. The second kappa shape index (κ2) is 5.45. The van der Waals surface area contributed by atoms with E-state index in [4.69, 9.17) is 4.74 Å². The average Bonchev–Trinajstić information content (AvgIpc) is 2.76. The van der Waals surface area contributed by atoms with E-state index in [0.717, 1.165) is 32.5 Å². The number of hydrogen-bond donors (Lipinski definition) is 2. The Balaban J connectivity index is 1.99. The number of ether oxygens (including phenoxy) is 1. The van der Waals surface area contributed by atoms with Crippen LogP contribution in [0.15, 0.2) is 0 Å². The van der Waals surface area contributed by atoms with Crippen molar-refractivity contribution in [1.82, 2.24) is 4.90 Å². The van der Waals surface area contributed by atoms with Crippen LogP contribution in [0, 0.1) is 5.41 Å². The molecule has 2 rings (SSSR count). The molecule has 1 aliphatic carbocycles. The van der Waals surface area contributed by atoms with Crippen molar-refractivity contribution < 1.29 is 14.9 Å². The smallest absolute Gasteiger partial charge is 0.0940 e. The second-order valence-corrected chi connectivity index (χ2v) is 6.72. The van der Waals surface area contributed by atoms with Crippen molar-refractivity contribution in [2.45, 2.75) is 51.2 Å². The Kier molecular flexibility index (Phi) is 4.32. The molecule has 1 atom stereocenters. The fourth-order valence-electron chi connectivity index (χ4n) is 3.60. The lowest BCUT2D eigenvalue weighted by Gasteiger charge is -2.45. The first-order valence-corrected chi connectivity index (χ1v) is 7.11. The average molecular weight is 257 g/mol. The van der Waals surface area contributed by atoms with Gasteiger partial charge in [-0.2, -0.15) is 0 Å². The Morgan fingerprint density at radius 3 is 2.44 bits per heavy atom. The molecular formula is C14H27NO3. The molecule has 0 aromatic rings. The number of nitrogens with zero attached hydrogens (tertiary/aromatic N) is 1. The van der Waals surface area contributed by atoms with Crippen LogP contribution in [0.3, 0.4) is 0 Å².